The number of nitrogens with one attached hydrogen (secondary N) is 3. The Bertz CT molecular complexity index is 592. The summed E-state index contributed by atoms with van der Waals surface area (Å²) in [5, 5.41) is 7.35. The number of Topliss-reactive ketones (excluding diaryl/α,β-unsaturated/α-hetero) is 1. The zero-order valence-electron chi connectivity index (χ0n) is 19.5. The smallest absolute Gasteiger partial charge is 0.243 e. The molecule has 30 heavy (non-hydrogen) atoms. The van der Waals surface area contributed by atoms with E-state index in [1.807, 2.05) is 71.9 Å². The fourth-order valence-electron chi connectivity index (χ4n) is 1.89. The van der Waals surface area contributed by atoms with Crippen molar-refractivity contribution in [1.29, 1.82) is 0 Å². The number of hydrogen-bond acceptors (Lipinski definition) is 5. The molecule has 0 aromatic heterocycles. The highest BCUT2D eigenvalue weighted by Crippen LogP contribution is 2.03. The standard InChI is InChI=1S/C16H22N4O4.3C2H6/c1-11(21)9-19-16(24)13(7-12-5-3-2-4-6-12)20-15(23)10-18-14(22)8-17;3*1-2/h2-6,13H,7-10,17H2,1H3,(H,18,22)(H,19,24)(H,20,23);3*1-2H3. The first kappa shape index (κ1) is 31.9. The maximum absolute atomic E-state index is 12.2. The molecule has 0 radical (unpaired) electrons. The van der Waals surface area contributed by atoms with Crippen LogP contribution >= 0.6 is 0 Å². The topological polar surface area (TPSA) is 130 Å². The van der Waals surface area contributed by atoms with Gasteiger partial charge in [0.2, 0.25) is 17.7 Å². The SMILES string of the molecule is CC.CC.CC.CC(=O)CNC(=O)C(Cc1ccccc1)NC(=O)CNC(=O)CN. The van der Waals surface area contributed by atoms with Crippen LogP contribution < -0.4 is 21.7 Å². The van der Waals surface area contributed by atoms with Crippen LogP contribution in [0.1, 0.15) is 54.0 Å². The quantitative estimate of drug-likeness (QED) is 0.478. The van der Waals surface area contributed by atoms with Crippen molar-refractivity contribution in [3.8, 4) is 0 Å². The van der Waals surface area contributed by atoms with Gasteiger partial charge in [0, 0.05) is 6.42 Å². The van der Waals surface area contributed by atoms with Crippen LogP contribution in [0, 0.1) is 0 Å². The number of nitrogens with two attached hydrogens (primary N) is 1. The maximum atomic E-state index is 12.2. The summed E-state index contributed by atoms with van der Waals surface area (Å²) in [6.07, 6.45) is 0.265. The van der Waals surface area contributed by atoms with Crippen molar-refractivity contribution in [2.45, 2.75) is 60.9 Å². The van der Waals surface area contributed by atoms with Gasteiger partial charge in [0.05, 0.1) is 19.6 Å². The Morgan fingerprint density at radius 1 is 0.833 bits per heavy atom. The van der Waals surface area contributed by atoms with Gasteiger partial charge in [-0.15, -0.1) is 0 Å². The van der Waals surface area contributed by atoms with E-state index in [0.717, 1.165) is 5.56 Å². The van der Waals surface area contributed by atoms with E-state index >= 15 is 0 Å². The third-order valence-electron chi connectivity index (χ3n) is 3.08. The highest BCUT2D eigenvalue weighted by molar-refractivity contribution is 5.92. The predicted octanol–water partition coefficient (Wildman–Crippen LogP) is 1.57. The van der Waals surface area contributed by atoms with Crippen molar-refractivity contribution in [1.82, 2.24) is 16.0 Å². The summed E-state index contributed by atoms with van der Waals surface area (Å²) in [5.74, 6) is -1.64. The normalized spacial score (nSPS) is 9.60. The molecule has 0 saturated heterocycles. The summed E-state index contributed by atoms with van der Waals surface area (Å²) in [4.78, 5) is 46.2. The fourth-order valence-corrected chi connectivity index (χ4v) is 1.89. The third kappa shape index (κ3) is 17.4. The van der Waals surface area contributed by atoms with Gasteiger partial charge in [0.15, 0.2) is 0 Å². The molecule has 0 fully saturated rings. The molecule has 8 heteroatoms. The summed E-state index contributed by atoms with van der Waals surface area (Å²) in [5.41, 5.74) is 5.99. The van der Waals surface area contributed by atoms with Crippen LogP contribution in [0.5, 0.6) is 0 Å². The van der Waals surface area contributed by atoms with Crippen molar-refractivity contribution in [3.63, 3.8) is 0 Å². The minimum Gasteiger partial charge on any atom is -0.347 e. The molecule has 0 heterocycles. The molecular formula is C22H40N4O4. The van der Waals surface area contributed by atoms with E-state index in [-0.39, 0.29) is 31.8 Å². The average Bonchev–Trinajstić information content (AvgIpc) is 2.80. The second kappa shape index (κ2) is 22.5. The molecule has 3 amide bonds. The van der Waals surface area contributed by atoms with Crippen molar-refractivity contribution in [3.05, 3.63) is 35.9 Å². The molecule has 0 aliphatic rings. The summed E-state index contributed by atoms with van der Waals surface area (Å²) >= 11 is 0. The van der Waals surface area contributed by atoms with Crippen LogP contribution in [-0.4, -0.2) is 49.2 Å². The van der Waals surface area contributed by atoms with Gasteiger partial charge >= 0.3 is 0 Å². The molecule has 0 aliphatic carbocycles. The van der Waals surface area contributed by atoms with E-state index in [4.69, 9.17) is 5.73 Å². The lowest BCUT2D eigenvalue weighted by atomic mass is 10.1. The lowest BCUT2D eigenvalue weighted by Gasteiger charge is -2.18. The molecule has 1 unspecified atom stereocenters. The average molecular weight is 425 g/mol. The van der Waals surface area contributed by atoms with Crippen molar-refractivity contribution in [2.75, 3.05) is 19.6 Å². The monoisotopic (exact) mass is 424 g/mol. The van der Waals surface area contributed by atoms with E-state index < -0.39 is 23.8 Å². The summed E-state index contributed by atoms with van der Waals surface area (Å²) in [6.45, 7) is 12.7. The number of ketones is 1. The van der Waals surface area contributed by atoms with Crippen LogP contribution in [-0.2, 0) is 25.6 Å². The van der Waals surface area contributed by atoms with Crippen LogP contribution in [0.4, 0.5) is 0 Å². The number of hydrogen-bond donors (Lipinski definition) is 4. The number of rotatable bonds is 9. The number of carbonyl (C=O) groups is 4. The van der Waals surface area contributed by atoms with E-state index in [9.17, 15) is 19.2 Å². The van der Waals surface area contributed by atoms with Gasteiger partial charge in [-0.3, -0.25) is 19.2 Å². The molecule has 0 bridgehead atoms. The molecule has 0 aliphatic heterocycles. The van der Waals surface area contributed by atoms with Crippen molar-refractivity contribution < 1.29 is 19.2 Å². The van der Waals surface area contributed by atoms with Crippen LogP contribution in [0.3, 0.4) is 0 Å². The first-order valence-corrected chi connectivity index (χ1v) is 10.5. The van der Waals surface area contributed by atoms with Gasteiger partial charge in [0.25, 0.3) is 0 Å². The highest BCUT2D eigenvalue weighted by atomic mass is 16.2. The van der Waals surface area contributed by atoms with Gasteiger partial charge in [-0.25, -0.2) is 0 Å². The molecule has 5 N–H and O–H groups in total. The minimum absolute atomic E-state index is 0.107. The Hall–Kier alpha value is -2.74. The molecule has 1 atom stereocenters. The van der Waals surface area contributed by atoms with E-state index in [1.165, 1.54) is 6.92 Å². The van der Waals surface area contributed by atoms with Gasteiger partial charge in [-0.05, 0) is 12.5 Å². The van der Waals surface area contributed by atoms with Gasteiger partial charge < -0.3 is 21.7 Å². The second-order valence-electron chi connectivity index (χ2n) is 5.21. The van der Waals surface area contributed by atoms with Gasteiger partial charge in [-0.1, -0.05) is 71.9 Å². The van der Waals surface area contributed by atoms with Crippen molar-refractivity contribution >= 4 is 23.5 Å². The Balaban J connectivity index is -0.00000111. The molecular weight excluding hydrogens is 384 g/mol. The Labute approximate surface area is 181 Å². The molecule has 0 saturated carbocycles. The maximum Gasteiger partial charge on any atom is 0.243 e. The van der Waals surface area contributed by atoms with E-state index in [1.54, 1.807) is 0 Å². The summed E-state index contributed by atoms with van der Waals surface area (Å²) in [7, 11) is 0. The second-order valence-corrected chi connectivity index (χ2v) is 5.21. The molecule has 1 aromatic carbocycles. The molecule has 8 nitrogen and oxygen atoms in total. The number of carbonyl (C=O) groups excluding carboxylic acids is 4. The van der Waals surface area contributed by atoms with Crippen LogP contribution in [0.2, 0.25) is 0 Å². The predicted molar refractivity (Wildman–Crippen MR) is 122 cm³/mol. The zero-order chi connectivity index (χ0) is 23.9. The third-order valence-corrected chi connectivity index (χ3v) is 3.08. The Kier molecular flexibility index (Phi) is 24.0. The largest absolute Gasteiger partial charge is 0.347 e. The Morgan fingerprint density at radius 3 is 1.83 bits per heavy atom. The van der Waals surface area contributed by atoms with Crippen LogP contribution in [0.25, 0.3) is 0 Å². The van der Waals surface area contributed by atoms with Crippen LogP contribution in [0.15, 0.2) is 30.3 Å². The first-order valence-electron chi connectivity index (χ1n) is 10.5. The van der Waals surface area contributed by atoms with Crippen molar-refractivity contribution in [2.24, 2.45) is 5.73 Å². The lowest BCUT2D eigenvalue weighted by molar-refractivity contribution is -0.130. The zero-order valence-corrected chi connectivity index (χ0v) is 19.5. The van der Waals surface area contributed by atoms with Gasteiger partial charge in [-0.2, -0.15) is 0 Å². The number of benzene rings is 1. The Morgan fingerprint density at radius 2 is 1.37 bits per heavy atom. The number of amides is 3. The first-order chi connectivity index (χ1) is 14.4. The fraction of sp³-hybridized carbons (Fsp3) is 0.545. The summed E-state index contributed by atoms with van der Waals surface area (Å²) in [6, 6.07) is 8.29. The molecule has 172 valence electrons. The molecule has 1 rings (SSSR count). The molecule has 1 aromatic rings. The minimum atomic E-state index is -0.853. The van der Waals surface area contributed by atoms with E-state index in [0.29, 0.717) is 0 Å². The lowest BCUT2D eigenvalue weighted by Crippen LogP contribution is -2.51. The summed E-state index contributed by atoms with van der Waals surface area (Å²) < 4.78 is 0. The highest BCUT2D eigenvalue weighted by Gasteiger charge is 2.21. The van der Waals surface area contributed by atoms with Gasteiger partial charge in [0.1, 0.15) is 11.8 Å². The molecule has 0 spiro atoms. The van der Waals surface area contributed by atoms with E-state index in [2.05, 4.69) is 16.0 Å².